The van der Waals surface area contributed by atoms with Crippen LogP contribution in [0.4, 0.5) is 0 Å². The summed E-state index contributed by atoms with van der Waals surface area (Å²) < 4.78 is 68.3. The molecule has 5 atom stereocenters. The van der Waals surface area contributed by atoms with Crippen LogP contribution in [0.5, 0.6) is 0 Å². The van der Waals surface area contributed by atoms with Crippen molar-refractivity contribution in [1.82, 2.24) is 0 Å². The lowest BCUT2D eigenvalue weighted by molar-refractivity contribution is -0.161. The van der Waals surface area contributed by atoms with Crippen molar-refractivity contribution < 1.29 is 80.2 Å². The fourth-order valence-corrected chi connectivity index (χ4v) is 12.4. The summed E-state index contributed by atoms with van der Waals surface area (Å²) in [5.41, 5.74) is 0. The van der Waals surface area contributed by atoms with E-state index in [-0.39, 0.29) is 25.7 Å². The molecule has 0 radical (unpaired) electrons. The quantitative estimate of drug-likeness (QED) is 0.0222. The summed E-state index contributed by atoms with van der Waals surface area (Å²) in [7, 11) is -9.90. The highest BCUT2D eigenvalue weighted by atomic mass is 31.2. The molecule has 17 nitrogen and oxygen atoms in total. The van der Waals surface area contributed by atoms with Gasteiger partial charge in [0.1, 0.15) is 19.3 Å². The second kappa shape index (κ2) is 64.4. The smallest absolute Gasteiger partial charge is 0.462 e. The monoisotopic (exact) mass is 1320 g/mol. The Balaban J connectivity index is 5.22. The lowest BCUT2D eigenvalue weighted by Gasteiger charge is -2.21. The van der Waals surface area contributed by atoms with Gasteiger partial charge in [0.2, 0.25) is 0 Å². The second-order valence-electron chi connectivity index (χ2n) is 26.1. The average Bonchev–Trinajstić information content (AvgIpc) is 3.67. The van der Waals surface area contributed by atoms with Gasteiger partial charge in [0, 0.05) is 25.7 Å². The highest BCUT2D eigenvalue weighted by Gasteiger charge is 2.30. The lowest BCUT2D eigenvalue weighted by Crippen LogP contribution is -2.30. The third-order valence-electron chi connectivity index (χ3n) is 16.5. The van der Waals surface area contributed by atoms with Crippen LogP contribution in [0.25, 0.3) is 0 Å². The van der Waals surface area contributed by atoms with Crippen LogP contribution in [-0.2, 0) is 65.4 Å². The van der Waals surface area contributed by atoms with Gasteiger partial charge in [-0.15, -0.1) is 0 Å². The molecule has 19 heteroatoms. The fraction of sp³-hybridized carbons (Fsp3) is 0.944. The van der Waals surface area contributed by atoms with E-state index >= 15 is 0 Å². The van der Waals surface area contributed by atoms with Gasteiger partial charge >= 0.3 is 39.5 Å². The molecule has 0 aromatic carbocycles. The molecule has 2 unspecified atom stereocenters. The number of aliphatic hydroxyl groups is 1. The van der Waals surface area contributed by atoms with Crippen LogP contribution >= 0.6 is 15.6 Å². The van der Waals surface area contributed by atoms with E-state index in [1.54, 1.807) is 0 Å². The number of hydrogen-bond acceptors (Lipinski definition) is 15. The Hall–Kier alpha value is -1.94. The molecule has 0 amide bonds. The van der Waals surface area contributed by atoms with Crippen molar-refractivity contribution in [2.75, 3.05) is 39.6 Å². The second-order valence-corrected chi connectivity index (χ2v) is 29.0. The Morgan fingerprint density at radius 2 is 0.511 bits per heavy atom. The predicted molar refractivity (Wildman–Crippen MR) is 363 cm³/mol. The molecule has 0 saturated heterocycles. The molecule has 0 spiro atoms. The zero-order valence-electron chi connectivity index (χ0n) is 58.3. The summed E-state index contributed by atoms with van der Waals surface area (Å²) in [4.78, 5) is 72.5. The summed E-state index contributed by atoms with van der Waals surface area (Å²) >= 11 is 0. The molecule has 0 aromatic heterocycles. The summed E-state index contributed by atoms with van der Waals surface area (Å²) in [6.45, 7) is 7.18. The lowest BCUT2D eigenvalue weighted by atomic mass is 10.0. The molecule has 90 heavy (non-hydrogen) atoms. The minimum Gasteiger partial charge on any atom is -0.462 e. The van der Waals surface area contributed by atoms with Gasteiger partial charge in [-0.3, -0.25) is 37.3 Å². The van der Waals surface area contributed by atoms with Crippen molar-refractivity contribution >= 4 is 39.5 Å². The number of carbonyl (C=O) groups is 4. The van der Waals surface area contributed by atoms with Gasteiger partial charge in [-0.1, -0.05) is 317 Å². The minimum absolute atomic E-state index is 0.107. The molecule has 0 aliphatic heterocycles. The van der Waals surface area contributed by atoms with E-state index in [4.69, 9.17) is 37.0 Å². The zero-order valence-corrected chi connectivity index (χ0v) is 60.1. The fourth-order valence-electron chi connectivity index (χ4n) is 10.8. The summed E-state index contributed by atoms with van der Waals surface area (Å²) in [5.74, 6) is -1.44. The summed E-state index contributed by atoms with van der Waals surface area (Å²) in [6, 6.07) is 0. The van der Waals surface area contributed by atoms with Crippen LogP contribution in [0.2, 0.25) is 0 Å². The third-order valence-corrected chi connectivity index (χ3v) is 18.4. The highest BCUT2D eigenvalue weighted by molar-refractivity contribution is 7.47. The molecule has 0 aromatic rings. The minimum atomic E-state index is -4.95. The standard InChI is InChI=1S/C71H138O17P2/c1-6-9-12-15-18-21-24-27-28-29-30-31-34-37-40-47-52-57-71(76)87-66(60-81-68(73)54-49-44-38-35-32-25-22-19-16-13-10-7-2)62-85-89(77,78)83-58-65(72)59-84-90(79,80)86-63-67(61-82-69(74)55-50-45-42-41-43-48-53-64(4)5)88-70(75)56-51-46-39-36-33-26-23-20-17-14-11-8-3/h64-67,72H,6-63H2,1-5H3,(H,77,78)(H,79,80)/t65-,66-,67-/m1/s1. The Morgan fingerprint density at radius 3 is 0.756 bits per heavy atom. The Bertz CT molecular complexity index is 1740. The van der Waals surface area contributed by atoms with Crippen molar-refractivity contribution in [2.24, 2.45) is 5.92 Å². The van der Waals surface area contributed by atoms with Crippen LogP contribution in [0.15, 0.2) is 0 Å². The molecular formula is C71H138O17P2. The molecule has 3 N–H and O–H groups in total. The molecule has 0 aliphatic rings. The Labute approximate surface area is 549 Å². The van der Waals surface area contributed by atoms with Crippen molar-refractivity contribution in [3.05, 3.63) is 0 Å². The van der Waals surface area contributed by atoms with E-state index in [0.29, 0.717) is 31.6 Å². The SMILES string of the molecule is CCCCCCCCCCCCCCCCCCCC(=O)O[C@H](COC(=O)CCCCCCCCCCCCCC)COP(=O)(O)OC[C@@H](O)COP(=O)(O)OC[C@@H](COC(=O)CCCCCCCCC(C)C)OC(=O)CCCCCCCCCCCCCC. The highest BCUT2D eigenvalue weighted by Crippen LogP contribution is 2.45. The molecule has 0 aliphatic carbocycles. The van der Waals surface area contributed by atoms with Crippen molar-refractivity contribution in [3.8, 4) is 0 Å². The first-order valence-corrected chi connectivity index (χ1v) is 40.1. The van der Waals surface area contributed by atoms with E-state index in [9.17, 15) is 43.2 Å². The van der Waals surface area contributed by atoms with Crippen LogP contribution in [0.1, 0.15) is 369 Å². The third kappa shape index (κ3) is 64.8. The zero-order chi connectivity index (χ0) is 66.3. The number of ether oxygens (including phenoxy) is 4. The number of hydrogen-bond donors (Lipinski definition) is 3. The molecule has 0 fully saturated rings. The van der Waals surface area contributed by atoms with Gasteiger partial charge in [-0.2, -0.15) is 0 Å². The Morgan fingerprint density at radius 1 is 0.300 bits per heavy atom. The maximum Gasteiger partial charge on any atom is 0.472 e. The van der Waals surface area contributed by atoms with Crippen molar-refractivity contribution in [1.29, 1.82) is 0 Å². The summed E-state index contributed by atoms with van der Waals surface area (Å²) in [6.07, 6.45) is 51.4. The average molecular weight is 1330 g/mol. The molecule has 0 heterocycles. The van der Waals surface area contributed by atoms with Gasteiger partial charge < -0.3 is 33.8 Å². The van der Waals surface area contributed by atoms with E-state index in [1.165, 1.54) is 186 Å². The number of esters is 4. The van der Waals surface area contributed by atoms with E-state index in [2.05, 4.69) is 34.6 Å². The number of unbranched alkanes of at least 4 members (excludes halogenated alkanes) is 43. The maximum atomic E-state index is 13.0. The molecule has 0 bridgehead atoms. The molecule has 0 rings (SSSR count). The number of phosphoric ester groups is 2. The van der Waals surface area contributed by atoms with E-state index in [1.807, 2.05) is 0 Å². The molecule has 534 valence electrons. The predicted octanol–water partition coefficient (Wildman–Crippen LogP) is 20.5. The van der Waals surface area contributed by atoms with Crippen LogP contribution in [0.3, 0.4) is 0 Å². The van der Waals surface area contributed by atoms with Crippen LogP contribution in [0, 0.1) is 5.92 Å². The van der Waals surface area contributed by atoms with Gasteiger partial charge in [0.05, 0.1) is 26.4 Å². The number of phosphoric acid groups is 2. The van der Waals surface area contributed by atoms with Gasteiger partial charge in [0.15, 0.2) is 12.2 Å². The number of carbonyl (C=O) groups excluding carboxylic acids is 4. The van der Waals surface area contributed by atoms with Crippen molar-refractivity contribution in [2.45, 2.75) is 387 Å². The van der Waals surface area contributed by atoms with Gasteiger partial charge in [-0.25, -0.2) is 9.13 Å². The van der Waals surface area contributed by atoms with Crippen LogP contribution < -0.4 is 0 Å². The Kier molecular flexibility index (Phi) is 63.0. The van der Waals surface area contributed by atoms with E-state index in [0.717, 1.165) is 96.3 Å². The molecular weight excluding hydrogens is 1190 g/mol. The topological polar surface area (TPSA) is 237 Å². The first-order valence-electron chi connectivity index (χ1n) is 37.1. The van der Waals surface area contributed by atoms with Gasteiger partial charge in [0.25, 0.3) is 0 Å². The number of aliphatic hydroxyl groups excluding tert-OH is 1. The van der Waals surface area contributed by atoms with Gasteiger partial charge in [-0.05, 0) is 31.6 Å². The molecule has 0 saturated carbocycles. The maximum absolute atomic E-state index is 13.0. The normalized spacial score (nSPS) is 14.1. The van der Waals surface area contributed by atoms with E-state index < -0.39 is 97.5 Å². The first kappa shape index (κ1) is 88.1. The number of rotatable bonds is 71. The van der Waals surface area contributed by atoms with Crippen LogP contribution in [-0.4, -0.2) is 96.7 Å². The first-order chi connectivity index (χ1) is 43.5. The summed E-state index contributed by atoms with van der Waals surface area (Å²) in [5, 5.41) is 10.6. The van der Waals surface area contributed by atoms with Crippen molar-refractivity contribution in [3.63, 3.8) is 0 Å². The largest absolute Gasteiger partial charge is 0.472 e.